The first kappa shape index (κ1) is 8.26. The van der Waals surface area contributed by atoms with Gasteiger partial charge in [-0.15, -0.1) is 0 Å². The Hall–Kier alpha value is -1.35. The standard InChI is InChI=1S/C10H10N2S/c11-9-3-5-10(6-4-9)12-7-1-2-8-13-12/h1-8H,11H2. The number of rotatable bonds is 1. The molecule has 0 saturated heterocycles. The minimum Gasteiger partial charge on any atom is -0.399 e. The van der Waals surface area contributed by atoms with Crippen LogP contribution in [0, 0.1) is 0 Å². The third kappa shape index (κ3) is 1.87. The lowest BCUT2D eigenvalue weighted by molar-refractivity contribution is 1.44. The van der Waals surface area contributed by atoms with Gasteiger partial charge in [0.25, 0.3) is 0 Å². The van der Waals surface area contributed by atoms with E-state index in [1.807, 2.05) is 48.0 Å². The van der Waals surface area contributed by atoms with Crippen LogP contribution in [0.25, 0.3) is 0 Å². The monoisotopic (exact) mass is 190 g/mol. The van der Waals surface area contributed by atoms with Crippen molar-refractivity contribution >= 4 is 23.3 Å². The summed E-state index contributed by atoms with van der Waals surface area (Å²) in [6.45, 7) is 0. The highest BCUT2D eigenvalue weighted by molar-refractivity contribution is 8.03. The van der Waals surface area contributed by atoms with Gasteiger partial charge in [-0.2, -0.15) is 0 Å². The molecule has 1 aromatic rings. The summed E-state index contributed by atoms with van der Waals surface area (Å²) in [4.78, 5) is 0. The maximum atomic E-state index is 5.60. The van der Waals surface area contributed by atoms with Crippen molar-refractivity contribution in [3.63, 3.8) is 0 Å². The van der Waals surface area contributed by atoms with E-state index in [4.69, 9.17) is 5.73 Å². The van der Waals surface area contributed by atoms with Crippen LogP contribution in [0.5, 0.6) is 0 Å². The van der Waals surface area contributed by atoms with Gasteiger partial charge in [0.15, 0.2) is 0 Å². The zero-order valence-corrected chi connectivity index (χ0v) is 7.87. The van der Waals surface area contributed by atoms with Crippen molar-refractivity contribution in [3.8, 4) is 0 Å². The molecule has 1 aliphatic heterocycles. The zero-order valence-electron chi connectivity index (χ0n) is 7.05. The summed E-state index contributed by atoms with van der Waals surface area (Å²) in [6.07, 6.45) is 6.04. The molecule has 66 valence electrons. The highest BCUT2D eigenvalue weighted by Gasteiger charge is 2.02. The first-order valence-electron chi connectivity index (χ1n) is 4.01. The second-order valence-electron chi connectivity index (χ2n) is 2.69. The van der Waals surface area contributed by atoms with Crippen molar-refractivity contribution < 1.29 is 0 Å². The summed E-state index contributed by atoms with van der Waals surface area (Å²) in [5, 5.41) is 2.04. The van der Waals surface area contributed by atoms with Crippen molar-refractivity contribution in [1.82, 2.24) is 0 Å². The molecule has 0 atom stereocenters. The molecule has 0 saturated carbocycles. The van der Waals surface area contributed by atoms with Crippen LogP contribution in [-0.2, 0) is 0 Å². The molecule has 0 aliphatic carbocycles. The van der Waals surface area contributed by atoms with Crippen LogP contribution in [0.3, 0.4) is 0 Å². The van der Waals surface area contributed by atoms with Gasteiger partial charge in [0, 0.05) is 11.9 Å². The fraction of sp³-hybridized carbons (Fsp3) is 0. The number of nitrogens with zero attached hydrogens (tertiary/aromatic N) is 1. The van der Waals surface area contributed by atoms with Crippen molar-refractivity contribution in [1.29, 1.82) is 0 Å². The smallest absolute Gasteiger partial charge is 0.0522 e. The van der Waals surface area contributed by atoms with Gasteiger partial charge in [-0.05, 0) is 47.7 Å². The summed E-state index contributed by atoms with van der Waals surface area (Å²) in [5.41, 5.74) is 7.53. The van der Waals surface area contributed by atoms with Crippen LogP contribution in [0.1, 0.15) is 0 Å². The highest BCUT2D eigenvalue weighted by Crippen LogP contribution is 2.26. The fourth-order valence-electron chi connectivity index (χ4n) is 1.08. The lowest BCUT2D eigenvalue weighted by Crippen LogP contribution is -2.04. The van der Waals surface area contributed by atoms with Gasteiger partial charge in [0.2, 0.25) is 0 Å². The van der Waals surface area contributed by atoms with Crippen molar-refractivity contribution in [2.75, 3.05) is 10.0 Å². The predicted octanol–water partition coefficient (Wildman–Crippen LogP) is 2.76. The summed E-state index contributed by atoms with van der Waals surface area (Å²) < 4.78 is 2.08. The lowest BCUT2D eigenvalue weighted by atomic mass is 10.3. The van der Waals surface area contributed by atoms with E-state index in [0.29, 0.717) is 0 Å². The second kappa shape index (κ2) is 3.58. The first-order chi connectivity index (χ1) is 6.36. The van der Waals surface area contributed by atoms with Gasteiger partial charge in [-0.25, -0.2) is 0 Å². The minimum atomic E-state index is 0.797. The SMILES string of the molecule is Nc1ccc(N2C=CC=CS2)cc1. The summed E-state index contributed by atoms with van der Waals surface area (Å²) >= 11 is 1.65. The van der Waals surface area contributed by atoms with Gasteiger partial charge in [-0.3, -0.25) is 4.31 Å². The third-order valence-corrected chi connectivity index (χ3v) is 2.57. The lowest BCUT2D eigenvalue weighted by Gasteiger charge is -2.18. The largest absolute Gasteiger partial charge is 0.399 e. The molecule has 1 aromatic carbocycles. The van der Waals surface area contributed by atoms with E-state index in [1.165, 1.54) is 0 Å². The maximum absolute atomic E-state index is 5.60. The Kier molecular flexibility index (Phi) is 2.27. The Morgan fingerprint density at radius 2 is 1.85 bits per heavy atom. The Morgan fingerprint density at radius 3 is 2.46 bits per heavy atom. The molecular weight excluding hydrogens is 180 g/mol. The Balaban J connectivity index is 2.21. The van der Waals surface area contributed by atoms with Gasteiger partial charge in [0.05, 0.1) is 5.69 Å². The number of hydrogen-bond acceptors (Lipinski definition) is 3. The number of hydrogen-bond donors (Lipinski definition) is 1. The second-order valence-corrected chi connectivity index (χ2v) is 3.57. The maximum Gasteiger partial charge on any atom is 0.0522 e. The molecule has 2 N–H and O–H groups in total. The van der Waals surface area contributed by atoms with E-state index < -0.39 is 0 Å². The van der Waals surface area contributed by atoms with Gasteiger partial charge >= 0.3 is 0 Å². The molecule has 0 unspecified atom stereocenters. The summed E-state index contributed by atoms with van der Waals surface area (Å²) in [5.74, 6) is 0. The van der Waals surface area contributed by atoms with Gasteiger partial charge < -0.3 is 5.73 Å². The van der Waals surface area contributed by atoms with Crippen molar-refractivity contribution in [2.24, 2.45) is 0 Å². The third-order valence-electron chi connectivity index (χ3n) is 1.73. The molecule has 1 aliphatic rings. The zero-order chi connectivity index (χ0) is 9.10. The highest BCUT2D eigenvalue weighted by atomic mass is 32.2. The van der Waals surface area contributed by atoms with E-state index in [2.05, 4.69) is 4.31 Å². The van der Waals surface area contributed by atoms with Crippen molar-refractivity contribution in [3.05, 3.63) is 48.0 Å². The number of anilines is 2. The van der Waals surface area contributed by atoms with Crippen LogP contribution in [0.2, 0.25) is 0 Å². The van der Waals surface area contributed by atoms with E-state index in [-0.39, 0.29) is 0 Å². The number of nitrogen functional groups attached to an aromatic ring is 1. The topological polar surface area (TPSA) is 29.3 Å². The van der Waals surface area contributed by atoms with E-state index in [9.17, 15) is 0 Å². The van der Waals surface area contributed by atoms with Crippen LogP contribution in [0.15, 0.2) is 48.0 Å². The van der Waals surface area contributed by atoms with E-state index >= 15 is 0 Å². The van der Waals surface area contributed by atoms with Crippen molar-refractivity contribution in [2.45, 2.75) is 0 Å². The Morgan fingerprint density at radius 1 is 1.08 bits per heavy atom. The molecule has 0 radical (unpaired) electrons. The number of allylic oxidation sites excluding steroid dienone is 2. The molecule has 1 heterocycles. The Bertz CT molecular complexity index is 340. The summed E-state index contributed by atoms with van der Waals surface area (Å²) in [7, 11) is 0. The number of nitrogens with two attached hydrogens (primary N) is 1. The molecule has 0 bridgehead atoms. The molecule has 0 fully saturated rings. The van der Waals surface area contributed by atoms with Gasteiger partial charge in [0.1, 0.15) is 0 Å². The predicted molar refractivity (Wildman–Crippen MR) is 59.2 cm³/mol. The molecule has 3 heteroatoms. The normalized spacial score (nSPS) is 14.9. The molecule has 0 amide bonds. The first-order valence-corrected chi connectivity index (χ1v) is 4.85. The molecule has 2 nitrogen and oxygen atoms in total. The number of benzene rings is 1. The van der Waals surface area contributed by atoms with Gasteiger partial charge in [-0.1, -0.05) is 6.08 Å². The van der Waals surface area contributed by atoms with Crippen LogP contribution < -0.4 is 10.0 Å². The average Bonchev–Trinajstić information content (AvgIpc) is 2.20. The summed E-state index contributed by atoms with van der Waals surface area (Å²) in [6, 6.07) is 7.82. The van der Waals surface area contributed by atoms with Crippen LogP contribution in [0.4, 0.5) is 11.4 Å². The molecule has 13 heavy (non-hydrogen) atoms. The fourth-order valence-corrected chi connectivity index (χ4v) is 1.75. The van der Waals surface area contributed by atoms with E-state index in [1.54, 1.807) is 11.9 Å². The van der Waals surface area contributed by atoms with E-state index in [0.717, 1.165) is 11.4 Å². The Labute approximate surface area is 81.9 Å². The molecule has 2 rings (SSSR count). The molecular formula is C10H10N2S. The van der Waals surface area contributed by atoms with Crippen LogP contribution in [-0.4, -0.2) is 0 Å². The van der Waals surface area contributed by atoms with Crippen LogP contribution >= 0.6 is 11.9 Å². The average molecular weight is 190 g/mol. The molecule has 0 spiro atoms. The minimum absolute atomic E-state index is 0.797. The quantitative estimate of drug-likeness (QED) is 0.545. The molecule has 0 aromatic heterocycles.